The number of halogens is 3. The van der Waals surface area contributed by atoms with Crippen molar-refractivity contribution >= 4 is 5.57 Å². The largest absolute Gasteiger partial charge is 0.490 e. The Morgan fingerprint density at radius 3 is 2.10 bits per heavy atom. The van der Waals surface area contributed by atoms with Gasteiger partial charge in [-0.15, -0.1) is 0 Å². The summed E-state index contributed by atoms with van der Waals surface area (Å²) in [4.78, 5) is 0. The van der Waals surface area contributed by atoms with Gasteiger partial charge in [-0.3, -0.25) is 0 Å². The molecule has 3 aromatic rings. The number of ether oxygens (including phenoxy) is 1. The van der Waals surface area contributed by atoms with E-state index in [1.165, 1.54) is 49.8 Å². The zero-order valence-corrected chi connectivity index (χ0v) is 25.0. The zero-order valence-electron chi connectivity index (χ0n) is 25.0. The van der Waals surface area contributed by atoms with Gasteiger partial charge in [0.05, 0.1) is 6.61 Å². The second kappa shape index (κ2) is 14.3. The Labute approximate surface area is 249 Å². The van der Waals surface area contributed by atoms with Crippen molar-refractivity contribution in [1.29, 1.82) is 0 Å². The third-order valence-electron chi connectivity index (χ3n) is 9.30. The summed E-state index contributed by atoms with van der Waals surface area (Å²) in [5.41, 5.74) is 4.08. The van der Waals surface area contributed by atoms with Crippen LogP contribution in [-0.2, 0) is 0 Å². The van der Waals surface area contributed by atoms with E-state index in [0.717, 1.165) is 55.4 Å². The molecule has 0 aromatic heterocycles. The molecule has 0 saturated heterocycles. The highest BCUT2D eigenvalue weighted by Gasteiger charge is 2.28. The van der Waals surface area contributed by atoms with E-state index in [4.69, 9.17) is 4.74 Å². The molecular weight excluding hydrogens is 529 g/mol. The lowest BCUT2D eigenvalue weighted by Crippen LogP contribution is -2.22. The fourth-order valence-electron chi connectivity index (χ4n) is 6.80. The molecule has 0 bridgehead atoms. The van der Waals surface area contributed by atoms with Gasteiger partial charge in [0.2, 0.25) is 5.82 Å². The van der Waals surface area contributed by atoms with Gasteiger partial charge in [0, 0.05) is 11.1 Å². The minimum atomic E-state index is -0.977. The molecule has 2 aliphatic rings. The molecule has 1 fully saturated rings. The number of allylic oxidation sites excluding steroid dienone is 4. The van der Waals surface area contributed by atoms with E-state index in [-0.39, 0.29) is 17.1 Å². The molecule has 0 spiro atoms. The number of unbranched alkanes of at least 4 members (excludes halogenated alkanes) is 2. The maximum Gasteiger partial charge on any atom is 0.201 e. The Kier molecular flexibility index (Phi) is 10.3. The minimum Gasteiger partial charge on any atom is -0.490 e. The third-order valence-corrected chi connectivity index (χ3v) is 9.30. The lowest BCUT2D eigenvalue weighted by molar-refractivity contribution is 0.212. The van der Waals surface area contributed by atoms with E-state index in [1.807, 2.05) is 12.1 Å². The van der Waals surface area contributed by atoms with Crippen LogP contribution in [0.15, 0.2) is 72.8 Å². The smallest absolute Gasteiger partial charge is 0.201 e. The molecule has 0 radical (unpaired) electrons. The number of hydrogen-bond acceptors (Lipinski definition) is 1. The van der Waals surface area contributed by atoms with Gasteiger partial charge in [-0.2, -0.15) is 4.39 Å². The predicted octanol–water partition coefficient (Wildman–Crippen LogP) is 11.6. The number of benzene rings is 3. The van der Waals surface area contributed by atoms with Crippen molar-refractivity contribution in [2.45, 2.75) is 78.1 Å². The SMILES string of the molecule is CC=CC1CCC(C2CC=C(c3ccc(-c4ccc(-c5ccc(OCCCCC)c(F)c5F)cc4)c(F)c3)CC2)CC1. The molecule has 222 valence electrons. The normalized spacial score (nSPS) is 21.0. The van der Waals surface area contributed by atoms with Crippen LogP contribution in [0.4, 0.5) is 13.2 Å². The summed E-state index contributed by atoms with van der Waals surface area (Å²) in [7, 11) is 0. The predicted molar refractivity (Wildman–Crippen MR) is 168 cm³/mol. The van der Waals surface area contributed by atoms with Crippen LogP contribution in [-0.4, -0.2) is 6.61 Å². The number of rotatable bonds is 10. The quantitative estimate of drug-likeness (QED) is 0.173. The molecule has 0 heterocycles. The summed E-state index contributed by atoms with van der Waals surface area (Å²) >= 11 is 0. The fourth-order valence-corrected chi connectivity index (χ4v) is 6.80. The summed E-state index contributed by atoms with van der Waals surface area (Å²) in [6.07, 6.45) is 18.2. The second-order valence-electron chi connectivity index (χ2n) is 12.0. The monoisotopic (exact) mass is 572 g/mol. The van der Waals surface area contributed by atoms with Crippen molar-refractivity contribution in [1.82, 2.24) is 0 Å². The van der Waals surface area contributed by atoms with Crippen molar-refractivity contribution in [3.8, 4) is 28.0 Å². The van der Waals surface area contributed by atoms with E-state index in [0.29, 0.717) is 23.3 Å². The van der Waals surface area contributed by atoms with E-state index in [2.05, 4.69) is 32.1 Å². The van der Waals surface area contributed by atoms with Crippen molar-refractivity contribution in [3.05, 3.63) is 95.8 Å². The van der Waals surface area contributed by atoms with Gasteiger partial charge in [0.15, 0.2) is 11.6 Å². The first-order valence-electron chi connectivity index (χ1n) is 15.8. The summed E-state index contributed by atoms with van der Waals surface area (Å²) in [6.45, 7) is 4.55. The minimum absolute atomic E-state index is 0.0677. The van der Waals surface area contributed by atoms with Crippen LogP contribution in [0.25, 0.3) is 27.8 Å². The van der Waals surface area contributed by atoms with Crippen molar-refractivity contribution in [3.63, 3.8) is 0 Å². The molecule has 4 heteroatoms. The topological polar surface area (TPSA) is 9.23 Å². The Morgan fingerprint density at radius 2 is 1.45 bits per heavy atom. The molecule has 5 rings (SSSR count). The van der Waals surface area contributed by atoms with Gasteiger partial charge in [0.25, 0.3) is 0 Å². The maximum atomic E-state index is 15.3. The van der Waals surface area contributed by atoms with E-state index >= 15 is 4.39 Å². The van der Waals surface area contributed by atoms with E-state index in [9.17, 15) is 8.78 Å². The summed E-state index contributed by atoms with van der Waals surface area (Å²) in [5, 5.41) is 0. The molecule has 1 nitrogen and oxygen atoms in total. The summed E-state index contributed by atoms with van der Waals surface area (Å²) in [5.74, 6) is 0.0723. The molecule has 1 saturated carbocycles. The van der Waals surface area contributed by atoms with E-state index in [1.54, 1.807) is 30.3 Å². The standard InChI is InChI=1S/C38H43F3O/c1-3-5-6-24-42-36-23-22-34(37(40)38(36)41)31-18-16-30(17-19-31)33-21-20-32(25-35(33)39)29-14-12-28(13-15-29)27-10-8-26(7-4-2)9-11-27/h4,7,14,16-23,25-28H,3,5-6,8-13,15,24H2,1-2H3. The average molecular weight is 573 g/mol. The van der Waals surface area contributed by atoms with Crippen LogP contribution < -0.4 is 4.74 Å². The summed E-state index contributed by atoms with van der Waals surface area (Å²) < 4.78 is 50.3. The molecule has 0 N–H and O–H groups in total. The number of hydrogen-bond donors (Lipinski definition) is 0. The fraction of sp³-hybridized carbons (Fsp3) is 0.421. The first-order valence-corrected chi connectivity index (χ1v) is 15.8. The first-order chi connectivity index (χ1) is 20.5. The Hall–Kier alpha value is -3.27. The molecule has 1 unspecified atom stereocenters. The van der Waals surface area contributed by atoms with E-state index < -0.39 is 11.6 Å². The van der Waals surface area contributed by atoms with Gasteiger partial charge < -0.3 is 4.74 Å². The van der Waals surface area contributed by atoms with Gasteiger partial charge >= 0.3 is 0 Å². The Bertz CT molecular complexity index is 1400. The van der Waals surface area contributed by atoms with Crippen LogP contribution in [0, 0.1) is 35.2 Å². The molecule has 2 aliphatic carbocycles. The first kappa shape index (κ1) is 30.2. The van der Waals surface area contributed by atoms with Crippen LogP contribution >= 0.6 is 0 Å². The summed E-state index contributed by atoms with van der Waals surface area (Å²) in [6, 6.07) is 15.4. The van der Waals surface area contributed by atoms with Gasteiger partial charge in [0.1, 0.15) is 5.82 Å². The van der Waals surface area contributed by atoms with Crippen LogP contribution in [0.1, 0.15) is 83.6 Å². The van der Waals surface area contributed by atoms with Crippen molar-refractivity contribution in [2.24, 2.45) is 17.8 Å². The highest BCUT2D eigenvalue weighted by molar-refractivity contribution is 5.74. The molecule has 0 aliphatic heterocycles. The van der Waals surface area contributed by atoms with Gasteiger partial charge in [-0.05, 0) is 117 Å². The Balaban J connectivity index is 1.23. The van der Waals surface area contributed by atoms with Crippen molar-refractivity contribution in [2.75, 3.05) is 6.61 Å². The molecular formula is C38H43F3O. The van der Waals surface area contributed by atoms with Crippen molar-refractivity contribution < 1.29 is 17.9 Å². The van der Waals surface area contributed by atoms with Crippen LogP contribution in [0.3, 0.4) is 0 Å². The van der Waals surface area contributed by atoms with Crippen LogP contribution in [0.5, 0.6) is 5.75 Å². The molecule has 0 amide bonds. The lowest BCUT2D eigenvalue weighted by Gasteiger charge is -2.34. The molecule has 42 heavy (non-hydrogen) atoms. The lowest BCUT2D eigenvalue weighted by atomic mass is 9.71. The van der Waals surface area contributed by atoms with Crippen LogP contribution in [0.2, 0.25) is 0 Å². The zero-order chi connectivity index (χ0) is 29.5. The third kappa shape index (κ3) is 7.02. The highest BCUT2D eigenvalue weighted by Crippen LogP contribution is 2.42. The van der Waals surface area contributed by atoms with Gasteiger partial charge in [-0.1, -0.05) is 74.4 Å². The molecule has 1 atom stereocenters. The maximum absolute atomic E-state index is 15.3. The van der Waals surface area contributed by atoms with Gasteiger partial charge in [-0.25, -0.2) is 8.78 Å². The molecule has 3 aromatic carbocycles. The second-order valence-corrected chi connectivity index (χ2v) is 12.0. The average Bonchev–Trinajstić information content (AvgIpc) is 3.02. The highest BCUT2D eigenvalue weighted by atomic mass is 19.2. The Morgan fingerprint density at radius 1 is 0.762 bits per heavy atom.